The van der Waals surface area contributed by atoms with Gasteiger partial charge in [0.1, 0.15) is 29.4 Å². The van der Waals surface area contributed by atoms with E-state index in [0.29, 0.717) is 57.4 Å². The van der Waals surface area contributed by atoms with Crippen LogP contribution in [0.5, 0.6) is 11.5 Å². The lowest BCUT2D eigenvalue weighted by Gasteiger charge is -2.25. The fourth-order valence-electron chi connectivity index (χ4n) is 7.88. The molecule has 5 amide bonds. The molecule has 66 heavy (non-hydrogen) atoms. The molecule has 14 nitrogen and oxygen atoms in total. The Hall–Kier alpha value is -7.65. The van der Waals surface area contributed by atoms with E-state index >= 15 is 0 Å². The third-order valence-electron chi connectivity index (χ3n) is 11.4. The molecule has 0 fully saturated rings. The number of aromatic nitrogens is 3. The largest absolute Gasteiger partial charge is 0.457 e. The van der Waals surface area contributed by atoms with Gasteiger partial charge in [0.05, 0.1) is 35.3 Å². The van der Waals surface area contributed by atoms with E-state index in [1.165, 1.54) is 9.80 Å². The molecule has 5 aromatic carbocycles. The summed E-state index contributed by atoms with van der Waals surface area (Å²) in [5.74, 6) is -1.29. The van der Waals surface area contributed by atoms with E-state index < -0.39 is 23.9 Å². The van der Waals surface area contributed by atoms with Crippen LogP contribution in [0.4, 0.5) is 17.1 Å². The Labute approximate surface area is 389 Å². The van der Waals surface area contributed by atoms with E-state index in [9.17, 15) is 24.0 Å². The zero-order chi connectivity index (χ0) is 46.3. The first-order valence-corrected chi connectivity index (χ1v) is 22.2. The van der Waals surface area contributed by atoms with Gasteiger partial charge in [-0.1, -0.05) is 76.6 Å². The minimum Gasteiger partial charge on any atom is -0.457 e. The standard InChI is InChI=1S/C51H47BrN8O6/c1-31-14-17-36(30-53-31)60(3)51(65)45(25-33-12-8-5-9-13-33)56-47(61)28-40-39-26-37(20-22-41(39)58-49(40)63)66-38-21-23-42-43(27-38)55-46(54-42)29-48(62)57-44(24-32-10-6-4-7-11-32)50(64)59(2)35-18-15-34(52)16-19-35/h4-23,26-27,30,40,44-45H,24-25,28-29H2,1-3H3,(H,54,55)(H,56,61)(H,57,62)(H,58,63)/t40?,44-,45-/m0/s1. The first kappa shape index (κ1) is 44.9. The minimum atomic E-state index is -0.909. The molecule has 0 bridgehead atoms. The molecule has 7 aromatic rings. The molecule has 3 atom stereocenters. The molecule has 2 aromatic heterocycles. The van der Waals surface area contributed by atoms with Crippen LogP contribution in [0.1, 0.15) is 40.5 Å². The first-order chi connectivity index (χ1) is 31.9. The van der Waals surface area contributed by atoms with Gasteiger partial charge in [-0.2, -0.15) is 0 Å². The number of benzene rings is 5. The quantitative estimate of drug-likeness (QED) is 0.0767. The molecule has 334 valence electrons. The summed E-state index contributed by atoms with van der Waals surface area (Å²) in [6, 6.07) is 38.6. The topological polar surface area (TPSA) is 179 Å². The summed E-state index contributed by atoms with van der Waals surface area (Å²) in [6.45, 7) is 1.86. The Morgan fingerprint density at radius 3 is 1.95 bits per heavy atom. The number of halogens is 1. The number of amides is 5. The molecule has 0 spiro atoms. The average molecular weight is 948 g/mol. The maximum atomic E-state index is 13.9. The van der Waals surface area contributed by atoms with E-state index in [2.05, 4.69) is 46.8 Å². The van der Waals surface area contributed by atoms with Crippen molar-refractivity contribution in [1.82, 2.24) is 25.6 Å². The van der Waals surface area contributed by atoms with Gasteiger partial charge in [0, 0.05) is 61.0 Å². The van der Waals surface area contributed by atoms with Crippen LogP contribution in [0.15, 0.2) is 144 Å². The summed E-state index contributed by atoms with van der Waals surface area (Å²) in [5, 5.41) is 8.72. The smallest absolute Gasteiger partial charge is 0.249 e. The van der Waals surface area contributed by atoms with Gasteiger partial charge < -0.3 is 35.5 Å². The summed E-state index contributed by atoms with van der Waals surface area (Å²) in [6.07, 6.45) is 1.86. The van der Waals surface area contributed by atoms with Gasteiger partial charge in [0.2, 0.25) is 29.5 Å². The zero-order valence-corrected chi connectivity index (χ0v) is 38.0. The van der Waals surface area contributed by atoms with Crippen molar-refractivity contribution >= 4 is 73.6 Å². The summed E-state index contributed by atoms with van der Waals surface area (Å²) in [4.78, 5) is 83.3. The Bertz CT molecular complexity index is 2890. The van der Waals surface area contributed by atoms with Gasteiger partial charge in [-0.3, -0.25) is 29.0 Å². The van der Waals surface area contributed by atoms with Crippen molar-refractivity contribution in [2.75, 3.05) is 29.2 Å². The molecule has 1 aliphatic heterocycles. The second-order valence-corrected chi connectivity index (χ2v) is 17.1. The van der Waals surface area contributed by atoms with E-state index in [0.717, 1.165) is 21.3 Å². The molecule has 8 rings (SSSR count). The number of aromatic amines is 1. The summed E-state index contributed by atoms with van der Waals surface area (Å²) in [7, 11) is 3.33. The van der Waals surface area contributed by atoms with Crippen molar-refractivity contribution in [3.05, 3.63) is 172 Å². The van der Waals surface area contributed by atoms with Crippen LogP contribution in [0.3, 0.4) is 0 Å². The normalized spacial score (nSPS) is 13.8. The monoisotopic (exact) mass is 946 g/mol. The van der Waals surface area contributed by atoms with Crippen molar-refractivity contribution in [2.24, 2.45) is 0 Å². The predicted molar refractivity (Wildman–Crippen MR) is 256 cm³/mol. The van der Waals surface area contributed by atoms with E-state index in [-0.39, 0.29) is 42.9 Å². The summed E-state index contributed by atoms with van der Waals surface area (Å²) >= 11 is 3.43. The number of pyridine rings is 1. The SMILES string of the molecule is Cc1ccc(N(C)C(=O)[C@H](Cc2ccccc2)NC(=O)CC2C(=O)Nc3ccc(Oc4ccc5nc(CC(=O)N[C@@H](Cc6ccccc6)C(=O)N(C)c6ccc(Br)cc6)[nH]c5c4)cc32)cn1. The predicted octanol–water partition coefficient (Wildman–Crippen LogP) is 7.57. The lowest BCUT2D eigenvalue weighted by atomic mass is 9.96. The molecule has 1 aliphatic rings. The van der Waals surface area contributed by atoms with Crippen molar-refractivity contribution in [2.45, 2.75) is 50.6 Å². The fourth-order valence-corrected chi connectivity index (χ4v) is 8.14. The number of anilines is 3. The highest BCUT2D eigenvalue weighted by molar-refractivity contribution is 9.10. The van der Waals surface area contributed by atoms with Gasteiger partial charge in [-0.25, -0.2) is 4.98 Å². The molecule has 4 N–H and O–H groups in total. The number of fused-ring (bicyclic) bond motifs is 2. The Morgan fingerprint density at radius 2 is 1.32 bits per heavy atom. The fraction of sp³-hybridized carbons (Fsp3) is 0.196. The van der Waals surface area contributed by atoms with Crippen LogP contribution in [-0.2, 0) is 43.2 Å². The van der Waals surface area contributed by atoms with Gasteiger partial charge >= 0.3 is 0 Å². The molecule has 0 saturated carbocycles. The number of imidazole rings is 1. The highest BCUT2D eigenvalue weighted by atomic mass is 79.9. The van der Waals surface area contributed by atoms with Crippen molar-refractivity contribution in [3.63, 3.8) is 0 Å². The summed E-state index contributed by atoms with van der Waals surface area (Å²) < 4.78 is 7.15. The zero-order valence-electron chi connectivity index (χ0n) is 36.5. The third kappa shape index (κ3) is 10.8. The number of rotatable bonds is 16. The average Bonchev–Trinajstić information content (AvgIpc) is 3.86. The van der Waals surface area contributed by atoms with Crippen LogP contribution in [0.2, 0.25) is 0 Å². The number of aryl methyl sites for hydroxylation is 1. The molecular formula is C51H47BrN8O6. The highest BCUT2D eigenvalue weighted by Crippen LogP contribution is 2.38. The van der Waals surface area contributed by atoms with Crippen molar-refractivity contribution in [3.8, 4) is 11.5 Å². The molecule has 0 radical (unpaired) electrons. The number of hydrogen-bond donors (Lipinski definition) is 4. The number of carbonyl (C=O) groups is 5. The second kappa shape index (κ2) is 20.0. The van der Waals surface area contributed by atoms with E-state index in [4.69, 9.17) is 4.74 Å². The first-order valence-electron chi connectivity index (χ1n) is 21.4. The summed E-state index contributed by atoms with van der Waals surface area (Å²) in [5.41, 5.74) is 6.24. The molecule has 0 saturated heterocycles. The van der Waals surface area contributed by atoms with Crippen LogP contribution in [0, 0.1) is 6.92 Å². The Morgan fingerprint density at radius 1 is 0.727 bits per heavy atom. The van der Waals surface area contributed by atoms with Crippen LogP contribution in [-0.4, -0.2) is 70.7 Å². The minimum absolute atomic E-state index is 0.103. The molecule has 1 unspecified atom stereocenters. The van der Waals surface area contributed by atoms with Gasteiger partial charge in [-0.15, -0.1) is 0 Å². The second-order valence-electron chi connectivity index (χ2n) is 16.2. The lowest BCUT2D eigenvalue weighted by molar-refractivity contribution is -0.128. The maximum absolute atomic E-state index is 13.9. The number of nitrogens with one attached hydrogen (secondary N) is 4. The van der Waals surface area contributed by atoms with Crippen molar-refractivity contribution < 1.29 is 28.7 Å². The Balaban J connectivity index is 0.928. The number of hydrogen-bond acceptors (Lipinski definition) is 8. The lowest BCUT2D eigenvalue weighted by Crippen LogP contribution is -2.49. The van der Waals surface area contributed by atoms with Gasteiger partial charge in [0.25, 0.3) is 0 Å². The number of likely N-dealkylation sites (N-methyl/N-ethyl adjacent to an activating group) is 2. The van der Waals surface area contributed by atoms with Crippen LogP contribution in [0.25, 0.3) is 11.0 Å². The number of nitrogens with zero attached hydrogens (tertiary/aromatic N) is 4. The molecule has 3 heterocycles. The van der Waals surface area contributed by atoms with Gasteiger partial charge in [-0.05, 0) is 90.3 Å². The van der Waals surface area contributed by atoms with Crippen LogP contribution < -0.4 is 30.5 Å². The Kier molecular flexibility index (Phi) is 13.6. The molecular weight excluding hydrogens is 901 g/mol. The van der Waals surface area contributed by atoms with E-state index in [1.54, 1.807) is 62.8 Å². The number of ether oxygens (including phenoxy) is 1. The van der Waals surface area contributed by atoms with Crippen LogP contribution >= 0.6 is 15.9 Å². The maximum Gasteiger partial charge on any atom is 0.249 e. The molecule has 15 heteroatoms. The van der Waals surface area contributed by atoms with Gasteiger partial charge in [0.15, 0.2) is 0 Å². The van der Waals surface area contributed by atoms with Crippen molar-refractivity contribution in [1.29, 1.82) is 0 Å². The number of carbonyl (C=O) groups excluding carboxylic acids is 5. The highest BCUT2D eigenvalue weighted by Gasteiger charge is 2.35. The van der Waals surface area contributed by atoms with E-state index in [1.807, 2.05) is 97.9 Å². The molecule has 0 aliphatic carbocycles. The number of H-pyrrole nitrogens is 1. The third-order valence-corrected chi connectivity index (χ3v) is 11.9.